The summed E-state index contributed by atoms with van der Waals surface area (Å²) in [6.07, 6.45) is -2.94. The van der Waals surface area contributed by atoms with Gasteiger partial charge in [0.15, 0.2) is 5.60 Å². The average molecular weight is 238 g/mol. The summed E-state index contributed by atoms with van der Waals surface area (Å²) in [4.78, 5) is 0. The SMILES string of the molecule is CCC(CC(O)(C1CC1)C(F)(F)F)C(C)C. The largest absolute Gasteiger partial charge is 0.417 e. The van der Waals surface area contributed by atoms with Gasteiger partial charge in [-0.25, -0.2) is 0 Å². The van der Waals surface area contributed by atoms with Gasteiger partial charge >= 0.3 is 6.18 Å². The molecule has 1 N–H and O–H groups in total. The number of rotatable bonds is 5. The minimum absolute atomic E-state index is 0.0628. The molecule has 0 saturated heterocycles. The van der Waals surface area contributed by atoms with E-state index in [1.165, 1.54) is 0 Å². The fraction of sp³-hybridized carbons (Fsp3) is 1.00. The van der Waals surface area contributed by atoms with Gasteiger partial charge in [0.2, 0.25) is 0 Å². The van der Waals surface area contributed by atoms with E-state index in [4.69, 9.17) is 0 Å². The smallest absolute Gasteiger partial charge is 0.380 e. The second-order valence-corrected chi connectivity index (χ2v) is 5.31. The Morgan fingerprint density at radius 3 is 2.00 bits per heavy atom. The number of halogens is 3. The molecule has 96 valence electrons. The van der Waals surface area contributed by atoms with Gasteiger partial charge in [-0.05, 0) is 37.0 Å². The Hall–Kier alpha value is -0.250. The highest BCUT2D eigenvalue weighted by molar-refractivity contribution is 5.00. The number of hydrogen-bond acceptors (Lipinski definition) is 1. The summed E-state index contributed by atoms with van der Waals surface area (Å²) in [5.41, 5.74) is -2.45. The first-order valence-electron chi connectivity index (χ1n) is 6.01. The third kappa shape index (κ3) is 2.70. The zero-order valence-corrected chi connectivity index (χ0v) is 10.1. The number of alkyl halides is 3. The van der Waals surface area contributed by atoms with Gasteiger partial charge in [-0.1, -0.05) is 27.2 Å². The van der Waals surface area contributed by atoms with Crippen LogP contribution in [0.25, 0.3) is 0 Å². The number of hydrogen-bond donors (Lipinski definition) is 1. The third-order valence-corrected chi connectivity index (χ3v) is 3.78. The van der Waals surface area contributed by atoms with Gasteiger partial charge in [0.25, 0.3) is 0 Å². The molecule has 0 spiro atoms. The zero-order chi connectivity index (χ0) is 12.6. The maximum absolute atomic E-state index is 12.9. The molecule has 0 amide bonds. The van der Waals surface area contributed by atoms with Crippen molar-refractivity contribution in [2.45, 2.75) is 58.2 Å². The van der Waals surface area contributed by atoms with E-state index in [-0.39, 0.29) is 18.3 Å². The predicted octanol–water partition coefficient (Wildman–Crippen LogP) is 3.76. The van der Waals surface area contributed by atoms with E-state index in [2.05, 4.69) is 0 Å². The molecule has 1 saturated carbocycles. The van der Waals surface area contributed by atoms with Gasteiger partial charge in [-0.15, -0.1) is 0 Å². The van der Waals surface area contributed by atoms with Crippen LogP contribution in [0.2, 0.25) is 0 Å². The van der Waals surface area contributed by atoms with E-state index in [0.29, 0.717) is 19.3 Å². The van der Waals surface area contributed by atoms with Crippen LogP contribution >= 0.6 is 0 Å². The lowest BCUT2D eigenvalue weighted by Gasteiger charge is -2.35. The first-order valence-corrected chi connectivity index (χ1v) is 6.01. The lowest BCUT2D eigenvalue weighted by molar-refractivity contribution is -0.275. The standard InChI is InChI=1S/C12H21F3O/c1-4-9(8(2)3)7-11(16,10-5-6-10)12(13,14)15/h8-10,16H,4-7H2,1-3H3. The summed E-state index contributed by atoms with van der Waals surface area (Å²) in [6, 6.07) is 0. The van der Waals surface area contributed by atoms with E-state index in [9.17, 15) is 18.3 Å². The highest BCUT2D eigenvalue weighted by Crippen LogP contribution is 2.52. The Bertz CT molecular complexity index is 233. The zero-order valence-electron chi connectivity index (χ0n) is 10.1. The highest BCUT2D eigenvalue weighted by Gasteiger charge is 2.61. The maximum Gasteiger partial charge on any atom is 0.417 e. The molecule has 0 heterocycles. The molecule has 2 unspecified atom stereocenters. The van der Waals surface area contributed by atoms with Crippen LogP contribution in [0, 0.1) is 17.8 Å². The summed E-state index contributed by atoms with van der Waals surface area (Å²) in [5.74, 6) is -0.454. The van der Waals surface area contributed by atoms with Crippen LogP contribution in [-0.4, -0.2) is 16.9 Å². The van der Waals surface area contributed by atoms with E-state index < -0.39 is 17.7 Å². The summed E-state index contributed by atoms with van der Waals surface area (Å²) in [5, 5.41) is 9.91. The minimum atomic E-state index is -4.49. The lowest BCUT2D eigenvalue weighted by Crippen LogP contribution is -2.49. The fourth-order valence-electron chi connectivity index (χ4n) is 2.33. The van der Waals surface area contributed by atoms with Crippen LogP contribution in [-0.2, 0) is 0 Å². The molecule has 0 aromatic heterocycles. The van der Waals surface area contributed by atoms with Gasteiger partial charge < -0.3 is 5.11 Å². The molecule has 0 bridgehead atoms. The van der Waals surface area contributed by atoms with Gasteiger partial charge in [-0.3, -0.25) is 0 Å². The first kappa shape index (κ1) is 13.8. The second kappa shape index (κ2) is 4.55. The topological polar surface area (TPSA) is 20.2 Å². The molecular weight excluding hydrogens is 217 g/mol. The normalized spacial score (nSPS) is 23.2. The molecule has 2 atom stereocenters. The summed E-state index contributed by atoms with van der Waals surface area (Å²) in [6.45, 7) is 5.71. The Morgan fingerprint density at radius 2 is 1.75 bits per heavy atom. The van der Waals surface area contributed by atoms with Crippen LogP contribution in [0.1, 0.15) is 46.5 Å². The summed E-state index contributed by atoms with van der Waals surface area (Å²) >= 11 is 0. The van der Waals surface area contributed by atoms with E-state index in [1.807, 2.05) is 20.8 Å². The molecule has 16 heavy (non-hydrogen) atoms. The quantitative estimate of drug-likeness (QED) is 0.773. The second-order valence-electron chi connectivity index (χ2n) is 5.31. The van der Waals surface area contributed by atoms with Crippen molar-refractivity contribution in [3.63, 3.8) is 0 Å². The van der Waals surface area contributed by atoms with Crippen molar-refractivity contribution in [2.24, 2.45) is 17.8 Å². The monoisotopic (exact) mass is 238 g/mol. The molecule has 4 heteroatoms. The van der Waals surface area contributed by atoms with Gasteiger partial charge in [0.1, 0.15) is 0 Å². The lowest BCUT2D eigenvalue weighted by atomic mass is 9.79. The van der Waals surface area contributed by atoms with Crippen molar-refractivity contribution in [2.75, 3.05) is 0 Å². The van der Waals surface area contributed by atoms with Crippen molar-refractivity contribution in [1.29, 1.82) is 0 Å². The van der Waals surface area contributed by atoms with Crippen molar-refractivity contribution < 1.29 is 18.3 Å². The maximum atomic E-state index is 12.9. The molecule has 1 rings (SSSR count). The first-order chi connectivity index (χ1) is 7.22. The Morgan fingerprint density at radius 1 is 1.25 bits per heavy atom. The molecule has 0 aromatic carbocycles. The van der Waals surface area contributed by atoms with Crippen molar-refractivity contribution in [3.05, 3.63) is 0 Å². The van der Waals surface area contributed by atoms with Gasteiger partial charge in [0.05, 0.1) is 0 Å². The summed E-state index contributed by atoms with van der Waals surface area (Å²) < 4.78 is 38.7. The van der Waals surface area contributed by atoms with Crippen LogP contribution in [0.3, 0.4) is 0 Å². The molecule has 1 fully saturated rings. The molecular formula is C12H21F3O. The number of aliphatic hydroxyl groups is 1. The van der Waals surface area contributed by atoms with E-state index >= 15 is 0 Å². The minimum Gasteiger partial charge on any atom is -0.380 e. The van der Waals surface area contributed by atoms with Gasteiger partial charge in [-0.2, -0.15) is 13.2 Å². The Kier molecular flexibility index (Phi) is 3.93. The average Bonchev–Trinajstić information content (AvgIpc) is 2.94. The molecule has 1 nitrogen and oxygen atoms in total. The van der Waals surface area contributed by atoms with Crippen LogP contribution < -0.4 is 0 Å². The van der Waals surface area contributed by atoms with Crippen molar-refractivity contribution in [3.8, 4) is 0 Å². The molecule has 0 aromatic rings. The molecule has 0 radical (unpaired) electrons. The molecule has 1 aliphatic rings. The fourth-order valence-corrected chi connectivity index (χ4v) is 2.33. The summed E-state index contributed by atoms with van der Waals surface area (Å²) in [7, 11) is 0. The van der Waals surface area contributed by atoms with E-state index in [0.717, 1.165) is 0 Å². The predicted molar refractivity (Wildman–Crippen MR) is 57.0 cm³/mol. The van der Waals surface area contributed by atoms with Gasteiger partial charge in [0, 0.05) is 0 Å². The van der Waals surface area contributed by atoms with E-state index in [1.54, 1.807) is 0 Å². The Balaban J connectivity index is 2.78. The Labute approximate surface area is 95.0 Å². The highest BCUT2D eigenvalue weighted by atomic mass is 19.4. The third-order valence-electron chi connectivity index (χ3n) is 3.78. The van der Waals surface area contributed by atoms with Crippen molar-refractivity contribution >= 4 is 0 Å². The van der Waals surface area contributed by atoms with Crippen molar-refractivity contribution in [1.82, 2.24) is 0 Å². The van der Waals surface area contributed by atoms with Crippen LogP contribution in [0.5, 0.6) is 0 Å². The van der Waals surface area contributed by atoms with Crippen LogP contribution in [0.15, 0.2) is 0 Å². The molecule has 0 aliphatic heterocycles. The molecule has 1 aliphatic carbocycles. The van der Waals surface area contributed by atoms with Crippen LogP contribution in [0.4, 0.5) is 13.2 Å².